The number of aryl methyl sites for hydroxylation is 1. The Morgan fingerprint density at radius 1 is 1.37 bits per heavy atom. The van der Waals surface area contributed by atoms with Crippen LogP contribution < -0.4 is 5.32 Å². The van der Waals surface area contributed by atoms with Crippen LogP contribution in [0.1, 0.15) is 42.6 Å². The molecule has 4 heterocycles. The molecule has 2 aliphatic heterocycles. The summed E-state index contributed by atoms with van der Waals surface area (Å²) in [4.78, 5) is 23.9. The maximum Gasteiger partial charge on any atom is 0.323 e. The summed E-state index contributed by atoms with van der Waals surface area (Å²) in [6, 6.07) is 4.63. The van der Waals surface area contributed by atoms with Crippen LogP contribution in [0.3, 0.4) is 0 Å². The van der Waals surface area contributed by atoms with Gasteiger partial charge in [-0.15, -0.1) is 11.3 Å². The lowest BCUT2D eigenvalue weighted by molar-refractivity contribution is -0.148. The van der Waals surface area contributed by atoms with Crippen molar-refractivity contribution in [3.05, 3.63) is 74.8 Å². The number of nitrogens with zero attached hydrogens (tertiary/aromatic N) is 5. The molecule has 8 nitrogen and oxygen atoms in total. The molecule has 5 rings (SSSR count). The molecule has 0 aliphatic carbocycles. The van der Waals surface area contributed by atoms with Crippen LogP contribution in [0.25, 0.3) is 5.57 Å². The minimum atomic E-state index is -1.57. The first-order valence-corrected chi connectivity index (χ1v) is 13.4. The van der Waals surface area contributed by atoms with Crippen molar-refractivity contribution in [1.82, 2.24) is 25.0 Å². The lowest BCUT2D eigenvalue weighted by atomic mass is 9.93. The summed E-state index contributed by atoms with van der Waals surface area (Å²) in [5, 5.41) is 10.7. The first kappa shape index (κ1) is 26.5. The maximum absolute atomic E-state index is 15.2. The van der Waals surface area contributed by atoms with Gasteiger partial charge in [-0.2, -0.15) is 5.10 Å². The molecule has 2 aromatic heterocycles. The summed E-state index contributed by atoms with van der Waals surface area (Å²) in [6.07, 6.45) is 3.51. The average Bonchev–Trinajstić information content (AvgIpc) is 3.59. The Hall–Kier alpha value is -3.15. The van der Waals surface area contributed by atoms with Crippen LogP contribution in [0.5, 0.6) is 0 Å². The number of amidine groups is 1. The Morgan fingerprint density at radius 2 is 2.18 bits per heavy atom. The number of nitrogens with one attached hydrogen (secondary N) is 1. The van der Waals surface area contributed by atoms with Crippen molar-refractivity contribution < 1.29 is 18.3 Å². The molecule has 1 fully saturated rings. The van der Waals surface area contributed by atoms with E-state index in [4.69, 9.17) is 21.3 Å². The Morgan fingerprint density at radius 3 is 2.84 bits per heavy atom. The molecular weight excluding hydrogens is 534 g/mol. The third-order valence-corrected chi connectivity index (χ3v) is 7.63. The Kier molecular flexibility index (Phi) is 7.34. The van der Waals surface area contributed by atoms with E-state index in [1.807, 2.05) is 11.4 Å². The molecule has 3 unspecified atom stereocenters. The highest BCUT2D eigenvalue weighted by molar-refractivity contribution is 7.11. The smallest absolute Gasteiger partial charge is 0.323 e. The van der Waals surface area contributed by atoms with Gasteiger partial charge in [0, 0.05) is 66.2 Å². The molecular formula is C26H27ClF2N6O2S. The van der Waals surface area contributed by atoms with Crippen molar-refractivity contribution in [1.29, 1.82) is 0 Å². The summed E-state index contributed by atoms with van der Waals surface area (Å²) in [5.41, 5.74) is 0.998. The second kappa shape index (κ2) is 10.5. The van der Waals surface area contributed by atoms with E-state index < -0.39 is 29.5 Å². The highest BCUT2D eigenvalue weighted by Crippen LogP contribution is 2.41. The van der Waals surface area contributed by atoms with E-state index in [0.717, 1.165) is 0 Å². The molecule has 1 N–H and O–H groups in total. The second-order valence-corrected chi connectivity index (χ2v) is 10.9. The SMILES string of the molecule is CCOC(=O)C1CC(C)(F)CN1CC1=C(c2ccn(C)n2)C(c2ccc(F)cc2Cl)N=C(c2nccs2)N1. The number of halogens is 3. The molecule has 3 atom stereocenters. The predicted molar refractivity (Wildman–Crippen MR) is 142 cm³/mol. The summed E-state index contributed by atoms with van der Waals surface area (Å²) in [7, 11) is 1.80. The molecule has 12 heteroatoms. The summed E-state index contributed by atoms with van der Waals surface area (Å²) >= 11 is 7.94. The number of likely N-dealkylation sites (tertiary alicyclic amines) is 1. The third-order valence-electron chi connectivity index (χ3n) is 6.52. The fourth-order valence-electron chi connectivity index (χ4n) is 4.95. The lowest BCUT2D eigenvalue weighted by Gasteiger charge is -2.31. The molecule has 0 bridgehead atoms. The summed E-state index contributed by atoms with van der Waals surface area (Å²) < 4.78 is 36.2. The molecule has 38 heavy (non-hydrogen) atoms. The number of benzene rings is 1. The van der Waals surface area contributed by atoms with Gasteiger partial charge in [-0.3, -0.25) is 19.4 Å². The maximum atomic E-state index is 15.2. The Labute approximate surface area is 228 Å². The average molecular weight is 561 g/mol. The number of ether oxygens (including phenoxy) is 1. The normalized spacial score (nSPS) is 23.9. The Bertz CT molecular complexity index is 1400. The molecule has 3 aromatic rings. The van der Waals surface area contributed by atoms with Crippen LogP contribution in [0.4, 0.5) is 8.78 Å². The first-order chi connectivity index (χ1) is 18.1. The number of thiazole rings is 1. The lowest BCUT2D eigenvalue weighted by Crippen LogP contribution is -2.43. The van der Waals surface area contributed by atoms with Crippen LogP contribution in [0.2, 0.25) is 5.02 Å². The largest absolute Gasteiger partial charge is 0.465 e. The van der Waals surface area contributed by atoms with Gasteiger partial charge in [-0.1, -0.05) is 17.7 Å². The van der Waals surface area contributed by atoms with Gasteiger partial charge < -0.3 is 10.1 Å². The number of aliphatic imine (C=N–C) groups is 1. The number of carbonyl (C=O) groups is 1. The number of alkyl halides is 1. The van der Waals surface area contributed by atoms with E-state index in [2.05, 4.69) is 15.4 Å². The van der Waals surface area contributed by atoms with Gasteiger partial charge in [0.25, 0.3) is 0 Å². The van der Waals surface area contributed by atoms with Crippen LogP contribution in [0, 0.1) is 5.82 Å². The minimum absolute atomic E-state index is 0.0265. The third kappa shape index (κ3) is 5.36. The zero-order valence-electron chi connectivity index (χ0n) is 21.1. The molecule has 0 amide bonds. The highest BCUT2D eigenvalue weighted by Gasteiger charge is 2.46. The fourth-order valence-corrected chi connectivity index (χ4v) is 5.81. The van der Waals surface area contributed by atoms with E-state index in [-0.39, 0.29) is 31.1 Å². The summed E-state index contributed by atoms with van der Waals surface area (Å²) in [5.74, 6) is -0.427. The molecule has 1 aromatic carbocycles. The fraction of sp³-hybridized carbons (Fsp3) is 0.385. The van der Waals surface area contributed by atoms with Crippen molar-refractivity contribution in [3.8, 4) is 0 Å². The van der Waals surface area contributed by atoms with Gasteiger partial charge in [0.15, 0.2) is 10.8 Å². The number of carbonyl (C=O) groups excluding carboxylic acids is 1. The van der Waals surface area contributed by atoms with Gasteiger partial charge in [0.2, 0.25) is 0 Å². The van der Waals surface area contributed by atoms with Gasteiger partial charge in [-0.25, -0.2) is 13.8 Å². The van der Waals surface area contributed by atoms with Crippen LogP contribution in [-0.2, 0) is 16.6 Å². The van der Waals surface area contributed by atoms with Crippen molar-refractivity contribution in [3.63, 3.8) is 0 Å². The second-order valence-electron chi connectivity index (χ2n) is 9.57. The number of hydrogen-bond donors (Lipinski definition) is 1. The van der Waals surface area contributed by atoms with Crippen LogP contribution in [-0.4, -0.2) is 62.9 Å². The highest BCUT2D eigenvalue weighted by atomic mass is 35.5. The van der Waals surface area contributed by atoms with Crippen molar-refractivity contribution in [2.24, 2.45) is 12.0 Å². The monoisotopic (exact) mass is 560 g/mol. The van der Waals surface area contributed by atoms with Crippen molar-refractivity contribution in [2.45, 2.75) is 38.0 Å². The topological polar surface area (TPSA) is 84.6 Å². The van der Waals surface area contributed by atoms with E-state index in [0.29, 0.717) is 33.4 Å². The number of hydrogen-bond acceptors (Lipinski definition) is 8. The van der Waals surface area contributed by atoms with E-state index in [9.17, 15) is 9.18 Å². The molecule has 0 spiro atoms. The predicted octanol–water partition coefficient (Wildman–Crippen LogP) is 4.54. The Balaban J connectivity index is 1.65. The summed E-state index contributed by atoms with van der Waals surface area (Å²) in [6.45, 7) is 3.66. The van der Waals surface area contributed by atoms with E-state index in [1.54, 1.807) is 42.0 Å². The van der Waals surface area contributed by atoms with Crippen LogP contribution >= 0.6 is 22.9 Å². The quantitative estimate of drug-likeness (QED) is 0.427. The molecule has 200 valence electrons. The first-order valence-electron chi connectivity index (χ1n) is 12.2. The zero-order chi connectivity index (χ0) is 27.0. The van der Waals surface area contributed by atoms with Crippen LogP contribution in [0.15, 0.2) is 52.7 Å². The molecule has 2 aliphatic rings. The molecule has 1 saturated heterocycles. The molecule has 0 saturated carbocycles. The van der Waals surface area contributed by atoms with E-state index >= 15 is 4.39 Å². The number of esters is 1. The minimum Gasteiger partial charge on any atom is -0.465 e. The standard InChI is InChI=1S/C26H27ClF2N6O2S/c1-4-37-25(36)20-12-26(2,29)14-35(20)13-19-21(18-7-9-34(3)33-18)22(16-6-5-15(28)11-17(16)27)32-23(31-19)24-30-8-10-38-24/h5-11,20,22H,4,12-14H2,1-3H3,(H,31,32). The van der Waals surface area contributed by atoms with Gasteiger partial charge in [-0.05, 0) is 32.0 Å². The number of aromatic nitrogens is 3. The van der Waals surface area contributed by atoms with Gasteiger partial charge >= 0.3 is 5.97 Å². The molecule has 0 radical (unpaired) electrons. The van der Waals surface area contributed by atoms with Gasteiger partial charge in [0.1, 0.15) is 23.6 Å². The zero-order valence-corrected chi connectivity index (χ0v) is 22.7. The number of rotatable bonds is 7. The van der Waals surface area contributed by atoms with Crippen molar-refractivity contribution >= 4 is 40.3 Å². The van der Waals surface area contributed by atoms with E-state index in [1.165, 1.54) is 30.4 Å². The van der Waals surface area contributed by atoms with Crippen molar-refractivity contribution in [2.75, 3.05) is 19.7 Å². The van der Waals surface area contributed by atoms with Gasteiger partial charge in [0.05, 0.1) is 12.3 Å².